The second-order valence-corrected chi connectivity index (χ2v) is 9.30. The number of amides is 2. The van der Waals surface area contributed by atoms with Crippen LogP contribution in [-0.4, -0.2) is 56.8 Å². The van der Waals surface area contributed by atoms with Gasteiger partial charge in [0.2, 0.25) is 21.8 Å². The maximum atomic E-state index is 12.8. The lowest BCUT2D eigenvalue weighted by Gasteiger charge is -2.31. The number of methoxy groups -OCH3 is 1. The van der Waals surface area contributed by atoms with Gasteiger partial charge in [0.25, 0.3) is 0 Å². The number of hydrogen-bond donors (Lipinski definition) is 2. The number of nitrogens with one attached hydrogen (secondary N) is 2. The highest BCUT2D eigenvalue weighted by atomic mass is 32.2. The van der Waals surface area contributed by atoms with Crippen molar-refractivity contribution in [2.75, 3.05) is 20.2 Å². The van der Waals surface area contributed by atoms with Crippen molar-refractivity contribution in [3.63, 3.8) is 0 Å². The van der Waals surface area contributed by atoms with Gasteiger partial charge in [-0.2, -0.15) is 4.31 Å². The first-order valence-corrected chi connectivity index (χ1v) is 11.0. The zero-order valence-corrected chi connectivity index (χ0v) is 17.0. The van der Waals surface area contributed by atoms with Crippen molar-refractivity contribution < 1.29 is 22.7 Å². The van der Waals surface area contributed by atoms with E-state index in [0.717, 1.165) is 12.8 Å². The van der Waals surface area contributed by atoms with Gasteiger partial charge < -0.3 is 15.4 Å². The Morgan fingerprint density at radius 1 is 1.11 bits per heavy atom. The van der Waals surface area contributed by atoms with Gasteiger partial charge in [0.15, 0.2) is 0 Å². The molecule has 2 fully saturated rings. The van der Waals surface area contributed by atoms with E-state index in [1.807, 2.05) is 0 Å². The van der Waals surface area contributed by atoms with Crippen LogP contribution in [0.5, 0.6) is 5.75 Å². The standard InChI is InChI=1S/C19H27N3O5S/c1-13(18(23)21-15-3-4-15)20-19(24)14-9-11-22(12-10-14)28(25,26)17-7-5-16(27-2)6-8-17/h5-8,13-15H,3-4,9-12H2,1-2H3,(H,20,24)(H,21,23)/t13-/m1/s1. The maximum Gasteiger partial charge on any atom is 0.243 e. The molecule has 1 saturated carbocycles. The van der Waals surface area contributed by atoms with E-state index >= 15 is 0 Å². The van der Waals surface area contributed by atoms with E-state index in [9.17, 15) is 18.0 Å². The van der Waals surface area contributed by atoms with Crippen molar-refractivity contribution in [3.05, 3.63) is 24.3 Å². The molecule has 0 unspecified atom stereocenters. The number of piperidine rings is 1. The summed E-state index contributed by atoms with van der Waals surface area (Å²) in [6, 6.07) is 5.93. The van der Waals surface area contributed by atoms with Gasteiger partial charge in [0, 0.05) is 25.0 Å². The molecule has 28 heavy (non-hydrogen) atoms. The maximum absolute atomic E-state index is 12.8. The first kappa shape index (κ1) is 20.6. The van der Waals surface area contributed by atoms with Crippen molar-refractivity contribution >= 4 is 21.8 Å². The molecule has 1 aromatic carbocycles. The molecular weight excluding hydrogens is 382 g/mol. The molecule has 1 aliphatic carbocycles. The Morgan fingerprint density at radius 2 is 1.71 bits per heavy atom. The largest absolute Gasteiger partial charge is 0.497 e. The molecule has 9 heteroatoms. The number of carbonyl (C=O) groups is 2. The topological polar surface area (TPSA) is 105 Å². The summed E-state index contributed by atoms with van der Waals surface area (Å²) in [6.07, 6.45) is 2.84. The van der Waals surface area contributed by atoms with E-state index < -0.39 is 16.1 Å². The van der Waals surface area contributed by atoms with Crippen LogP contribution in [0.25, 0.3) is 0 Å². The number of ether oxygens (including phenoxy) is 1. The third-order valence-electron chi connectivity index (χ3n) is 5.20. The van der Waals surface area contributed by atoms with Crippen molar-refractivity contribution in [1.29, 1.82) is 0 Å². The van der Waals surface area contributed by atoms with E-state index in [0.29, 0.717) is 18.6 Å². The molecule has 1 saturated heterocycles. The molecule has 0 radical (unpaired) electrons. The van der Waals surface area contributed by atoms with Gasteiger partial charge in [0.1, 0.15) is 11.8 Å². The van der Waals surface area contributed by atoms with Crippen LogP contribution >= 0.6 is 0 Å². The Bertz CT molecular complexity index is 812. The molecule has 8 nitrogen and oxygen atoms in total. The quantitative estimate of drug-likeness (QED) is 0.696. The van der Waals surface area contributed by atoms with Gasteiger partial charge in [0.05, 0.1) is 12.0 Å². The highest BCUT2D eigenvalue weighted by Gasteiger charge is 2.33. The molecular formula is C19H27N3O5S. The van der Waals surface area contributed by atoms with Gasteiger partial charge in [-0.15, -0.1) is 0 Å². The molecule has 0 aromatic heterocycles. The van der Waals surface area contributed by atoms with E-state index in [-0.39, 0.29) is 41.8 Å². The molecule has 1 heterocycles. The summed E-state index contributed by atoms with van der Waals surface area (Å²) in [6.45, 7) is 2.21. The summed E-state index contributed by atoms with van der Waals surface area (Å²) < 4.78 is 32.0. The average Bonchev–Trinajstić information content (AvgIpc) is 3.52. The summed E-state index contributed by atoms with van der Waals surface area (Å²) in [7, 11) is -2.07. The summed E-state index contributed by atoms with van der Waals surface area (Å²) in [5.41, 5.74) is 0. The molecule has 2 aliphatic rings. The predicted octanol–water partition coefficient (Wildman–Crippen LogP) is 0.879. The van der Waals surface area contributed by atoms with Crippen LogP contribution in [-0.2, 0) is 19.6 Å². The molecule has 2 amide bonds. The summed E-state index contributed by atoms with van der Waals surface area (Å²) >= 11 is 0. The molecule has 0 bridgehead atoms. The molecule has 0 spiro atoms. The predicted molar refractivity (Wildman–Crippen MR) is 103 cm³/mol. The lowest BCUT2D eigenvalue weighted by molar-refractivity contribution is -0.131. The third-order valence-corrected chi connectivity index (χ3v) is 7.11. The normalized spacial score (nSPS) is 19.6. The summed E-state index contributed by atoms with van der Waals surface area (Å²) in [5, 5.41) is 5.61. The summed E-state index contributed by atoms with van der Waals surface area (Å²) in [5.74, 6) is -0.0667. The van der Waals surface area contributed by atoms with Crippen molar-refractivity contribution in [2.24, 2.45) is 5.92 Å². The van der Waals surface area contributed by atoms with Gasteiger partial charge in [-0.25, -0.2) is 8.42 Å². The SMILES string of the molecule is COc1ccc(S(=O)(=O)N2CCC(C(=O)N[C@H](C)C(=O)NC3CC3)CC2)cc1. The number of nitrogens with zero attached hydrogens (tertiary/aromatic N) is 1. The first-order chi connectivity index (χ1) is 13.3. The monoisotopic (exact) mass is 409 g/mol. The second kappa shape index (κ2) is 8.48. The third kappa shape index (κ3) is 4.82. The van der Waals surface area contributed by atoms with Crippen LogP contribution < -0.4 is 15.4 Å². The lowest BCUT2D eigenvalue weighted by atomic mass is 9.97. The fourth-order valence-corrected chi connectivity index (χ4v) is 4.68. The second-order valence-electron chi connectivity index (χ2n) is 7.37. The van der Waals surface area contributed by atoms with Crippen LogP contribution in [0.15, 0.2) is 29.2 Å². The molecule has 154 valence electrons. The van der Waals surface area contributed by atoms with Crippen LogP contribution in [0.2, 0.25) is 0 Å². The zero-order chi connectivity index (χ0) is 20.3. The van der Waals surface area contributed by atoms with E-state index in [4.69, 9.17) is 4.74 Å². The minimum absolute atomic E-state index is 0.171. The van der Waals surface area contributed by atoms with Gasteiger partial charge in [-0.05, 0) is 56.9 Å². The highest BCUT2D eigenvalue weighted by molar-refractivity contribution is 7.89. The van der Waals surface area contributed by atoms with Crippen molar-refractivity contribution in [3.8, 4) is 5.75 Å². The minimum atomic E-state index is -3.60. The van der Waals surface area contributed by atoms with Gasteiger partial charge >= 0.3 is 0 Å². The molecule has 1 aliphatic heterocycles. The Balaban J connectivity index is 1.52. The minimum Gasteiger partial charge on any atom is -0.497 e. The first-order valence-electron chi connectivity index (χ1n) is 9.56. The van der Waals surface area contributed by atoms with Crippen molar-refractivity contribution in [2.45, 2.75) is 49.6 Å². The smallest absolute Gasteiger partial charge is 0.243 e. The zero-order valence-electron chi connectivity index (χ0n) is 16.2. The van der Waals surface area contributed by atoms with Crippen LogP contribution in [0.3, 0.4) is 0 Å². The number of benzene rings is 1. The van der Waals surface area contributed by atoms with Gasteiger partial charge in [-0.3, -0.25) is 9.59 Å². The lowest BCUT2D eigenvalue weighted by Crippen LogP contribution is -2.49. The molecule has 3 rings (SSSR count). The average molecular weight is 410 g/mol. The molecule has 1 aromatic rings. The van der Waals surface area contributed by atoms with E-state index in [2.05, 4.69) is 10.6 Å². The molecule has 2 N–H and O–H groups in total. The fraction of sp³-hybridized carbons (Fsp3) is 0.579. The van der Waals surface area contributed by atoms with Crippen LogP contribution in [0, 0.1) is 5.92 Å². The highest BCUT2D eigenvalue weighted by Crippen LogP contribution is 2.25. The Morgan fingerprint density at radius 3 is 2.25 bits per heavy atom. The Hall–Kier alpha value is -2.13. The summed E-state index contributed by atoms with van der Waals surface area (Å²) in [4.78, 5) is 24.6. The number of carbonyl (C=O) groups excluding carboxylic acids is 2. The number of sulfonamides is 1. The van der Waals surface area contributed by atoms with E-state index in [1.165, 1.54) is 23.5 Å². The van der Waals surface area contributed by atoms with Crippen LogP contribution in [0.1, 0.15) is 32.6 Å². The number of hydrogen-bond acceptors (Lipinski definition) is 5. The fourth-order valence-electron chi connectivity index (χ4n) is 3.21. The van der Waals surface area contributed by atoms with Crippen LogP contribution in [0.4, 0.5) is 0 Å². The number of rotatable bonds is 7. The van der Waals surface area contributed by atoms with Gasteiger partial charge in [-0.1, -0.05) is 0 Å². The Labute approximate surface area is 165 Å². The van der Waals surface area contributed by atoms with Crippen molar-refractivity contribution in [1.82, 2.24) is 14.9 Å². The Kier molecular flexibility index (Phi) is 6.24. The van der Waals surface area contributed by atoms with E-state index in [1.54, 1.807) is 19.1 Å². The molecule has 1 atom stereocenters.